The van der Waals surface area contributed by atoms with Gasteiger partial charge < -0.3 is 15.0 Å². The van der Waals surface area contributed by atoms with Crippen LogP contribution in [0.2, 0.25) is 0 Å². The molecule has 1 aliphatic heterocycles. The van der Waals surface area contributed by atoms with Gasteiger partial charge in [-0.1, -0.05) is 32.9 Å². The SMILES string of the molecule is CCC1(C)CC(NCCN(C)C)c2cc(C(C)C)ccc2O1. The molecule has 1 heterocycles. The van der Waals surface area contributed by atoms with Crippen LogP contribution in [0.4, 0.5) is 0 Å². The van der Waals surface area contributed by atoms with Crippen molar-refractivity contribution in [2.75, 3.05) is 27.2 Å². The zero-order chi connectivity index (χ0) is 16.3. The molecular formula is C19H32N2O. The molecule has 2 unspecified atom stereocenters. The number of benzene rings is 1. The van der Waals surface area contributed by atoms with Crippen molar-refractivity contribution in [1.82, 2.24) is 10.2 Å². The van der Waals surface area contributed by atoms with Crippen LogP contribution in [0.1, 0.15) is 63.6 Å². The minimum Gasteiger partial charge on any atom is -0.487 e. The summed E-state index contributed by atoms with van der Waals surface area (Å²) in [6, 6.07) is 7.09. The minimum atomic E-state index is -0.0673. The Labute approximate surface area is 136 Å². The number of fused-ring (bicyclic) bond motifs is 1. The minimum absolute atomic E-state index is 0.0673. The van der Waals surface area contributed by atoms with Crippen LogP contribution in [0.5, 0.6) is 5.75 Å². The second kappa shape index (κ2) is 7.01. The van der Waals surface area contributed by atoms with E-state index in [-0.39, 0.29) is 5.60 Å². The number of nitrogens with zero attached hydrogens (tertiary/aromatic N) is 1. The molecule has 1 aliphatic rings. The van der Waals surface area contributed by atoms with Gasteiger partial charge in [-0.3, -0.25) is 0 Å². The molecule has 0 aliphatic carbocycles. The fraction of sp³-hybridized carbons (Fsp3) is 0.684. The molecule has 3 heteroatoms. The molecule has 1 N–H and O–H groups in total. The molecular weight excluding hydrogens is 272 g/mol. The van der Waals surface area contributed by atoms with E-state index < -0.39 is 0 Å². The second-order valence-corrected chi connectivity index (χ2v) is 7.37. The van der Waals surface area contributed by atoms with E-state index in [0.29, 0.717) is 12.0 Å². The first-order valence-electron chi connectivity index (χ1n) is 8.55. The van der Waals surface area contributed by atoms with Gasteiger partial charge in [0.15, 0.2) is 0 Å². The van der Waals surface area contributed by atoms with E-state index in [1.807, 2.05) is 0 Å². The molecule has 0 aromatic heterocycles. The van der Waals surface area contributed by atoms with Crippen LogP contribution < -0.4 is 10.1 Å². The highest BCUT2D eigenvalue weighted by Crippen LogP contribution is 2.42. The van der Waals surface area contributed by atoms with Gasteiger partial charge in [-0.05, 0) is 45.0 Å². The Hall–Kier alpha value is -1.06. The Balaban J connectivity index is 2.25. The fourth-order valence-electron chi connectivity index (χ4n) is 3.00. The third-order valence-corrected chi connectivity index (χ3v) is 4.77. The Morgan fingerprint density at radius 3 is 2.68 bits per heavy atom. The van der Waals surface area contributed by atoms with Crippen molar-refractivity contribution in [3.8, 4) is 5.75 Å². The van der Waals surface area contributed by atoms with Gasteiger partial charge in [0.1, 0.15) is 11.4 Å². The predicted molar refractivity (Wildman–Crippen MR) is 93.8 cm³/mol. The molecule has 1 aromatic rings. The predicted octanol–water partition coefficient (Wildman–Crippen LogP) is 3.95. The van der Waals surface area contributed by atoms with Gasteiger partial charge in [0.2, 0.25) is 0 Å². The molecule has 0 saturated heterocycles. The molecule has 0 fully saturated rings. The fourth-order valence-corrected chi connectivity index (χ4v) is 3.00. The Kier molecular flexibility index (Phi) is 5.51. The average Bonchev–Trinajstić information content (AvgIpc) is 2.46. The van der Waals surface area contributed by atoms with E-state index in [2.05, 4.69) is 70.2 Å². The lowest BCUT2D eigenvalue weighted by Gasteiger charge is -2.40. The summed E-state index contributed by atoms with van der Waals surface area (Å²) in [5, 5.41) is 3.74. The van der Waals surface area contributed by atoms with Crippen molar-refractivity contribution in [1.29, 1.82) is 0 Å². The molecule has 0 saturated carbocycles. The molecule has 0 amide bonds. The summed E-state index contributed by atoms with van der Waals surface area (Å²) >= 11 is 0. The van der Waals surface area contributed by atoms with Crippen LogP contribution in [-0.4, -0.2) is 37.7 Å². The first-order valence-corrected chi connectivity index (χ1v) is 8.55. The highest BCUT2D eigenvalue weighted by molar-refractivity contribution is 5.42. The maximum atomic E-state index is 6.31. The highest BCUT2D eigenvalue weighted by Gasteiger charge is 2.35. The first kappa shape index (κ1) is 17.3. The zero-order valence-electron chi connectivity index (χ0n) is 15.1. The van der Waals surface area contributed by atoms with E-state index in [9.17, 15) is 0 Å². The van der Waals surface area contributed by atoms with Crippen LogP contribution >= 0.6 is 0 Å². The number of ether oxygens (including phenoxy) is 1. The van der Waals surface area contributed by atoms with E-state index in [4.69, 9.17) is 4.74 Å². The van der Waals surface area contributed by atoms with Gasteiger partial charge in [0, 0.05) is 31.1 Å². The maximum absolute atomic E-state index is 6.31. The number of likely N-dealkylation sites (N-methyl/N-ethyl adjacent to an activating group) is 1. The van der Waals surface area contributed by atoms with Crippen molar-refractivity contribution in [2.45, 2.75) is 58.1 Å². The highest BCUT2D eigenvalue weighted by atomic mass is 16.5. The van der Waals surface area contributed by atoms with Gasteiger partial charge in [-0.2, -0.15) is 0 Å². The van der Waals surface area contributed by atoms with Crippen molar-refractivity contribution in [3.63, 3.8) is 0 Å². The van der Waals surface area contributed by atoms with Crippen molar-refractivity contribution in [3.05, 3.63) is 29.3 Å². The molecule has 0 spiro atoms. The second-order valence-electron chi connectivity index (χ2n) is 7.37. The molecule has 2 atom stereocenters. The molecule has 0 radical (unpaired) electrons. The summed E-state index contributed by atoms with van der Waals surface area (Å²) in [7, 11) is 4.24. The van der Waals surface area contributed by atoms with Crippen molar-refractivity contribution in [2.24, 2.45) is 0 Å². The lowest BCUT2D eigenvalue weighted by molar-refractivity contribution is 0.0440. The topological polar surface area (TPSA) is 24.5 Å². The number of hydrogen-bond acceptors (Lipinski definition) is 3. The summed E-state index contributed by atoms with van der Waals surface area (Å²) in [5.74, 6) is 1.61. The van der Waals surface area contributed by atoms with Crippen LogP contribution in [0, 0.1) is 0 Å². The molecule has 1 aromatic carbocycles. The summed E-state index contributed by atoms with van der Waals surface area (Å²) in [4.78, 5) is 2.22. The van der Waals surface area contributed by atoms with Crippen LogP contribution in [0.3, 0.4) is 0 Å². The summed E-state index contributed by atoms with van der Waals surface area (Å²) in [6.07, 6.45) is 2.07. The van der Waals surface area contributed by atoms with Crippen LogP contribution in [0.15, 0.2) is 18.2 Å². The summed E-state index contributed by atoms with van der Waals surface area (Å²) in [6.45, 7) is 11.0. The van der Waals surface area contributed by atoms with Gasteiger partial charge in [-0.25, -0.2) is 0 Å². The molecule has 22 heavy (non-hydrogen) atoms. The zero-order valence-corrected chi connectivity index (χ0v) is 15.1. The molecule has 124 valence electrons. The maximum Gasteiger partial charge on any atom is 0.124 e. The smallest absolute Gasteiger partial charge is 0.124 e. The number of nitrogens with one attached hydrogen (secondary N) is 1. The van der Waals surface area contributed by atoms with Gasteiger partial charge in [0.05, 0.1) is 0 Å². The van der Waals surface area contributed by atoms with Crippen molar-refractivity contribution >= 4 is 0 Å². The average molecular weight is 304 g/mol. The van der Waals surface area contributed by atoms with Crippen molar-refractivity contribution < 1.29 is 4.74 Å². The standard InChI is InChI=1S/C19H32N2O/c1-7-19(4)13-17(20-10-11-21(5)6)16-12-15(14(2)3)8-9-18(16)22-19/h8-9,12,14,17,20H,7,10-11,13H2,1-6H3. The third-order valence-electron chi connectivity index (χ3n) is 4.77. The molecule has 0 bridgehead atoms. The number of rotatable bonds is 6. The van der Waals surface area contributed by atoms with Crippen LogP contribution in [0.25, 0.3) is 0 Å². The quantitative estimate of drug-likeness (QED) is 0.861. The van der Waals surface area contributed by atoms with E-state index in [1.54, 1.807) is 0 Å². The van der Waals surface area contributed by atoms with Crippen LogP contribution in [-0.2, 0) is 0 Å². The Morgan fingerprint density at radius 2 is 2.09 bits per heavy atom. The normalized spacial score (nSPS) is 24.5. The van der Waals surface area contributed by atoms with Gasteiger partial charge in [-0.15, -0.1) is 0 Å². The van der Waals surface area contributed by atoms with E-state index >= 15 is 0 Å². The summed E-state index contributed by atoms with van der Waals surface area (Å²) < 4.78 is 6.31. The summed E-state index contributed by atoms with van der Waals surface area (Å²) in [5.41, 5.74) is 2.65. The monoisotopic (exact) mass is 304 g/mol. The lowest BCUT2D eigenvalue weighted by Crippen LogP contribution is -2.42. The van der Waals surface area contributed by atoms with E-state index in [1.165, 1.54) is 11.1 Å². The van der Waals surface area contributed by atoms with Gasteiger partial charge >= 0.3 is 0 Å². The Morgan fingerprint density at radius 1 is 1.36 bits per heavy atom. The largest absolute Gasteiger partial charge is 0.487 e. The molecule has 2 rings (SSSR count). The molecule has 3 nitrogen and oxygen atoms in total. The van der Waals surface area contributed by atoms with Gasteiger partial charge in [0.25, 0.3) is 0 Å². The van der Waals surface area contributed by atoms with E-state index in [0.717, 1.165) is 31.7 Å². The first-order chi connectivity index (χ1) is 10.3. The Bertz CT molecular complexity index is 498. The number of hydrogen-bond donors (Lipinski definition) is 1. The third kappa shape index (κ3) is 4.02. The lowest BCUT2D eigenvalue weighted by atomic mass is 9.85.